The molecule has 0 saturated heterocycles. The Hall–Kier alpha value is -0.730. The van der Waals surface area contributed by atoms with E-state index in [1.807, 2.05) is 0 Å². The molecule has 7 nitrogen and oxygen atoms in total. The van der Waals surface area contributed by atoms with Crippen molar-refractivity contribution in [2.24, 2.45) is 46.3 Å². The monoisotopic (exact) mass is 508 g/mol. The molecule has 0 aromatic rings. The van der Waals surface area contributed by atoms with Crippen LogP contribution in [-0.2, 0) is 4.79 Å². The van der Waals surface area contributed by atoms with Crippen molar-refractivity contribution < 1.29 is 24.8 Å². The zero-order chi connectivity index (χ0) is 26.5. The van der Waals surface area contributed by atoms with Crippen LogP contribution in [0.15, 0.2) is 0 Å². The van der Waals surface area contributed by atoms with E-state index in [-0.39, 0.29) is 39.5 Å². The van der Waals surface area contributed by atoms with Crippen LogP contribution in [0.25, 0.3) is 0 Å². The fourth-order valence-electron chi connectivity index (χ4n) is 9.47. The molecule has 4 N–H and O–H groups in total. The number of quaternary nitrogens is 1. The first kappa shape index (κ1) is 28.3. The average Bonchev–Trinajstić information content (AvgIpc) is 3.15. The minimum absolute atomic E-state index is 0.0446. The first-order valence-corrected chi connectivity index (χ1v) is 14.6. The number of fused-ring (bicyclic) bond motifs is 5. The van der Waals surface area contributed by atoms with Crippen LogP contribution in [-0.4, -0.2) is 71.4 Å². The van der Waals surface area contributed by atoms with Gasteiger partial charge < -0.3 is 30.5 Å². The van der Waals surface area contributed by atoms with Crippen molar-refractivity contribution in [2.75, 3.05) is 27.2 Å². The van der Waals surface area contributed by atoms with Gasteiger partial charge in [0.05, 0.1) is 39.0 Å². The predicted molar refractivity (Wildman–Crippen MR) is 140 cm³/mol. The topological polar surface area (TPSA) is 113 Å². The van der Waals surface area contributed by atoms with Gasteiger partial charge in [0.25, 0.3) is 0 Å². The van der Waals surface area contributed by atoms with Crippen LogP contribution < -0.4 is 5.32 Å². The summed E-state index contributed by atoms with van der Waals surface area (Å²) < 4.78 is -0.338. The van der Waals surface area contributed by atoms with Gasteiger partial charge in [-0.25, -0.2) is 0 Å². The summed E-state index contributed by atoms with van der Waals surface area (Å²) in [7, 11) is 3.23. The standard InChI is InChI=1S/C29H52N2O5/c1-18(7-10-26(35)30-13-6-14-31(4,5)36)21-8-9-22-27-23(17-25(34)29(21,22)3)28(2)12-11-20(32)15-19(28)16-24(27)33/h18-25,27,32-34H,6-17H2,1-5H3,(H,30,35)/t18-,19+,20-,21-,22?,23+,24-,25+,27+,28+,29-/m1/s1. The lowest BCUT2D eigenvalue weighted by atomic mass is 9.43. The zero-order valence-electron chi connectivity index (χ0n) is 23.3. The van der Waals surface area contributed by atoms with Gasteiger partial charge in [-0.05, 0) is 97.7 Å². The average molecular weight is 509 g/mol. The van der Waals surface area contributed by atoms with Gasteiger partial charge in [-0.2, -0.15) is 0 Å². The van der Waals surface area contributed by atoms with Gasteiger partial charge in [-0.15, -0.1) is 0 Å². The van der Waals surface area contributed by atoms with E-state index in [1.165, 1.54) is 0 Å². The van der Waals surface area contributed by atoms with E-state index in [0.29, 0.717) is 55.5 Å². The molecule has 0 aliphatic heterocycles. The van der Waals surface area contributed by atoms with Gasteiger partial charge in [-0.3, -0.25) is 4.79 Å². The molecule has 4 fully saturated rings. The van der Waals surface area contributed by atoms with Crippen molar-refractivity contribution in [2.45, 2.75) is 103 Å². The van der Waals surface area contributed by atoms with Crippen LogP contribution in [0.2, 0.25) is 0 Å². The number of nitrogens with one attached hydrogen (secondary N) is 1. The number of hydroxylamine groups is 3. The fourth-order valence-corrected chi connectivity index (χ4v) is 9.47. The summed E-state index contributed by atoms with van der Waals surface area (Å²) in [6.45, 7) is 7.90. The van der Waals surface area contributed by atoms with Crippen LogP contribution >= 0.6 is 0 Å². The molecular weight excluding hydrogens is 456 g/mol. The fraction of sp³-hybridized carbons (Fsp3) is 0.966. The molecule has 0 aromatic carbocycles. The normalized spacial score (nSPS) is 45.4. The molecule has 0 aromatic heterocycles. The highest BCUT2D eigenvalue weighted by Crippen LogP contribution is 2.68. The quantitative estimate of drug-likeness (QED) is 0.228. The highest BCUT2D eigenvalue weighted by Gasteiger charge is 2.65. The molecule has 0 bridgehead atoms. The molecule has 36 heavy (non-hydrogen) atoms. The summed E-state index contributed by atoms with van der Waals surface area (Å²) >= 11 is 0. The van der Waals surface area contributed by atoms with Gasteiger partial charge >= 0.3 is 0 Å². The molecule has 4 rings (SSSR count). The zero-order valence-corrected chi connectivity index (χ0v) is 23.3. The Bertz CT molecular complexity index is 786. The summed E-state index contributed by atoms with van der Waals surface area (Å²) in [5, 5.41) is 48.0. The number of hydrogen-bond acceptors (Lipinski definition) is 5. The number of amides is 1. The van der Waals surface area contributed by atoms with Gasteiger partial charge in [0.1, 0.15) is 0 Å². The Morgan fingerprint density at radius 2 is 1.81 bits per heavy atom. The van der Waals surface area contributed by atoms with E-state index < -0.39 is 6.10 Å². The molecule has 4 aliphatic carbocycles. The molecule has 0 heterocycles. The number of carbonyl (C=O) groups is 1. The Balaban J connectivity index is 1.39. The Kier molecular flexibility index (Phi) is 8.20. The van der Waals surface area contributed by atoms with Crippen molar-refractivity contribution in [1.29, 1.82) is 0 Å². The molecule has 4 aliphatic rings. The number of nitrogens with zero attached hydrogens (tertiary/aromatic N) is 1. The lowest BCUT2D eigenvalue weighted by Crippen LogP contribution is -2.62. The molecule has 1 unspecified atom stereocenters. The second kappa shape index (κ2) is 10.4. The van der Waals surface area contributed by atoms with Crippen molar-refractivity contribution in [3.05, 3.63) is 5.21 Å². The molecule has 1 amide bonds. The van der Waals surface area contributed by atoms with Crippen molar-refractivity contribution >= 4 is 5.91 Å². The highest BCUT2D eigenvalue weighted by molar-refractivity contribution is 5.75. The van der Waals surface area contributed by atoms with Crippen LogP contribution in [0.1, 0.15) is 85.0 Å². The maximum absolute atomic E-state index is 12.4. The predicted octanol–water partition coefficient (Wildman–Crippen LogP) is 3.44. The molecule has 11 atom stereocenters. The number of carbonyl (C=O) groups excluding carboxylic acids is 1. The number of aliphatic hydroxyl groups excluding tert-OH is 3. The van der Waals surface area contributed by atoms with E-state index in [2.05, 4.69) is 26.1 Å². The Labute approximate surface area is 218 Å². The second-order valence-corrected chi connectivity index (χ2v) is 14.0. The number of hydrogen-bond donors (Lipinski definition) is 4. The van der Waals surface area contributed by atoms with Gasteiger partial charge in [0.2, 0.25) is 5.91 Å². The molecular formula is C29H52N2O5. The lowest BCUT2D eigenvalue weighted by molar-refractivity contribution is -0.840. The van der Waals surface area contributed by atoms with E-state index in [0.717, 1.165) is 51.4 Å². The SMILES string of the molecule is C[C@H](CCC(=O)NCCC[N+](C)(C)[O-])[C@H]1CCC2[C@@H]3[C@H](O)C[C@@H]4C[C@H](O)CC[C@]4(C)[C@H]3C[C@H](O)[C@@]21C. The molecule has 208 valence electrons. The molecule has 4 saturated carbocycles. The lowest BCUT2D eigenvalue weighted by Gasteiger charge is -2.63. The third-order valence-electron chi connectivity index (χ3n) is 11.5. The highest BCUT2D eigenvalue weighted by atomic mass is 16.5. The second-order valence-electron chi connectivity index (χ2n) is 14.0. The number of aliphatic hydroxyl groups is 3. The maximum atomic E-state index is 12.4. The maximum Gasteiger partial charge on any atom is 0.220 e. The number of rotatable bonds is 8. The summed E-state index contributed by atoms with van der Waals surface area (Å²) in [4.78, 5) is 12.4. The van der Waals surface area contributed by atoms with Gasteiger partial charge in [0.15, 0.2) is 0 Å². The van der Waals surface area contributed by atoms with Gasteiger partial charge in [0, 0.05) is 19.4 Å². The summed E-state index contributed by atoms with van der Waals surface area (Å²) in [5.41, 5.74) is -0.138. The van der Waals surface area contributed by atoms with Crippen molar-refractivity contribution in [1.82, 2.24) is 5.32 Å². The van der Waals surface area contributed by atoms with Crippen LogP contribution in [0.3, 0.4) is 0 Å². The van der Waals surface area contributed by atoms with Crippen LogP contribution in [0, 0.1) is 51.5 Å². The van der Waals surface area contributed by atoms with E-state index >= 15 is 0 Å². The van der Waals surface area contributed by atoms with Gasteiger partial charge in [-0.1, -0.05) is 20.8 Å². The summed E-state index contributed by atoms with van der Waals surface area (Å²) in [6.07, 6.45) is 7.16. The minimum atomic E-state index is -0.393. The molecule has 0 spiro atoms. The summed E-state index contributed by atoms with van der Waals surface area (Å²) in [5.74, 6) is 1.88. The largest absolute Gasteiger partial charge is 0.633 e. The summed E-state index contributed by atoms with van der Waals surface area (Å²) in [6, 6.07) is 0. The Morgan fingerprint density at radius 1 is 1.08 bits per heavy atom. The molecule has 0 radical (unpaired) electrons. The first-order valence-electron chi connectivity index (χ1n) is 14.6. The third kappa shape index (κ3) is 5.25. The first-order chi connectivity index (χ1) is 16.8. The smallest absolute Gasteiger partial charge is 0.220 e. The van der Waals surface area contributed by atoms with Crippen LogP contribution in [0.5, 0.6) is 0 Å². The third-order valence-corrected chi connectivity index (χ3v) is 11.5. The Morgan fingerprint density at radius 3 is 2.50 bits per heavy atom. The van der Waals surface area contributed by atoms with E-state index in [4.69, 9.17) is 0 Å². The van der Waals surface area contributed by atoms with E-state index in [1.54, 1.807) is 14.1 Å². The minimum Gasteiger partial charge on any atom is -0.633 e. The van der Waals surface area contributed by atoms with Crippen molar-refractivity contribution in [3.63, 3.8) is 0 Å². The van der Waals surface area contributed by atoms with Crippen LogP contribution in [0.4, 0.5) is 0 Å². The van der Waals surface area contributed by atoms with Crippen molar-refractivity contribution in [3.8, 4) is 0 Å². The molecule has 7 heteroatoms. The van der Waals surface area contributed by atoms with E-state index in [9.17, 15) is 25.3 Å².